The fourth-order valence-electron chi connectivity index (χ4n) is 1.23. The third kappa shape index (κ3) is 5.09. The van der Waals surface area contributed by atoms with Crippen LogP contribution in [0.2, 0.25) is 0 Å². The number of nitrogens with zero attached hydrogens (tertiary/aromatic N) is 1. The van der Waals surface area contributed by atoms with Crippen molar-refractivity contribution in [2.45, 2.75) is 6.54 Å². The molecule has 2 N–H and O–H groups in total. The van der Waals surface area contributed by atoms with Crippen molar-refractivity contribution in [2.24, 2.45) is 0 Å². The van der Waals surface area contributed by atoms with Gasteiger partial charge in [-0.05, 0) is 17.7 Å². The molecule has 0 unspecified atom stereocenters. The molecule has 0 fully saturated rings. The number of carbonyl (C=O) groups excluding carboxylic acids is 1. The monoisotopic (exact) mass is 248 g/mol. The van der Waals surface area contributed by atoms with Crippen LogP contribution in [0.15, 0.2) is 24.3 Å². The van der Waals surface area contributed by atoms with Gasteiger partial charge in [-0.15, -0.1) is 0 Å². The Balaban J connectivity index is 2.33. The minimum absolute atomic E-state index is 0.269. The zero-order valence-electron chi connectivity index (χ0n) is 9.55. The predicted octanol–water partition coefficient (Wildman–Crippen LogP) is 0.276. The highest BCUT2D eigenvalue weighted by molar-refractivity contribution is 5.77. The molecule has 0 atom stereocenters. The second-order valence-electron chi connectivity index (χ2n) is 3.48. The first-order chi connectivity index (χ1) is 8.61. The van der Waals surface area contributed by atoms with Crippen LogP contribution >= 0.6 is 0 Å². The number of amides is 1. The second-order valence-corrected chi connectivity index (χ2v) is 3.48. The topological polar surface area (TPSA) is 99.4 Å². The van der Waals surface area contributed by atoms with Crippen molar-refractivity contribution in [2.75, 3.05) is 13.2 Å². The van der Waals surface area contributed by atoms with Crippen LogP contribution in [0, 0.1) is 11.3 Å². The first kappa shape index (κ1) is 13.7. The van der Waals surface area contributed by atoms with Crippen molar-refractivity contribution >= 4 is 11.9 Å². The van der Waals surface area contributed by atoms with E-state index < -0.39 is 18.5 Å². The number of carboxylic acids is 1. The largest absolute Gasteiger partial charge is 0.480 e. The lowest BCUT2D eigenvalue weighted by atomic mass is 10.1. The van der Waals surface area contributed by atoms with E-state index in [1.165, 1.54) is 0 Å². The molecule has 0 heterocycles. The van der Waals surface area contributed by atoms with Gasteiger partial charge in [0.1, 0.15) is 13.2 Å². The molecule has 0 spiro atoms. The molecule has 94 valence electrons. The number of carbonyl (C=O) groups is 2. The Kier molecular flexibility index (Phi) is 5.35. The first-order valence-electron chi connectivity index (χ1n) is 5.17. The molecule has 0 bridgehead atoms. The van der Waals surface area contributed by atoms with Crippen molar-refractivity contribution in [3.8, 4) is 6.07 Å². The van der Waals surface area contributed by atoms with E-state index in [9.17, 15) is 9.59 Å². The molecule has 1 aromatic carbocycles. The number of carboxylic acid groups (broad SMARTS) is 1. The average molecular weight is 248 g/mol. The number of rotatable bonds is 6. The zero-order valence-corrected chi connectivity index (χ0v) is 9.55. The summed E-state index contributed by atoms with van der Waals surface area (Å²) in [5.41, 5.74) is 1.31. The van der Waals surface area contributed by atoms with Gasteiger partial charge in [0.2, 0.25) is 5.91 Å². The molecule has 0 saturated carbocycles. The summed E-state index contributed by atoms with van der Waals surface area (Å²) in [5.74, 6) is -1.52. The summed E-state index contributed by atoms with van der Waals surface area (Å²) in [6.45, 7) is -0.535. The van der Waals surface area contributed by atoms with E-state index in [0.29, 0.717) is 5.56 Å². The predicted molar refractivity (Wildman–Crippen MR) is 61.5 cm³/mol. The summed E-state index contributed by atoms with van der Waals surface area (Å²) >= 11 is 0. The molecule has 0 aliphatic carbocycles. The molecule has 0 saturated heterocycles. The molecule has 1 aromatic rings. The van der Waals surface area contributed by atoms with Crippen LogP contribution in [0.3, 0.4) is 0 Å². The molecule has 18 heavy (non-hydrogen) atoms. The van der Waals surface area contributed by atoms with Gasteiger partial charge in [0.25, 0.3) is 0 Å². The van der Waals surface area contributed by atoms with E-state index in [1.807, 2.05) is 6.07 Å². The van der Waals surface area contributed by atoms with Crippen LogP contribution < -0.4 is 5.32 Å². The van der Waals surface area contributed by atoms with Crippen molar-refractivity contribution in [1.29, 1.82) is 5.26 Å². The van der Waals surface area contributed by atoms with Crippen LogP contribution in [0.25, 0.3) is 0 Å². The van der Waals surface area contributed by atoms with Gasteiger partial charge in [0.05, 0.1) is 11.6 Å². The third-order valence-electron chi connectivity index (χ3n) is 2.00. The van der Waals surface area contributed by atoms with E-state index in [4.69, 9.17) is 10.4 Å². The molecular formula is C12H12N2O4. The normalized spacial score (nSPS) is 9.50. The van der Waals surface area contributed by atoms with Gasteiger partial charge in [-0.3, -0.25) is 4.79 Å². The summed E-state index contributed by atoms with van der Waals surface area (Å²) in [6, 6.07) is 8.83. The van der Waals surface area contributed by atoms with Gasteiger partial charge in [-0.25, -0.2) is 4.79 Å². The Morgan fingerprint density at radius 2 is 2.17 bits per heavy atom. The van der Waals surface area contributed by atoms with Crippen molar-refractivity contribution < 1.29 is 19.4 Å². The van der Waals surface area contributed by atoms with Crippen LogP contribution in [0.1, 0.15) is 11.1 Å². The molecule has 6 nitrogen and oxygen atoms in total. The molecule has 0 aliphatic rings. The van der Waals surface area contributed by atoms with E-state index in [-0.39, 0.29) is 13.2 Å². The summed E-state index contributed by atoms with van der Waals surface area (Å²) < 4.78 is 4.63. The fraction of sp³-hybridized carbons (Fsp3) is 0.250. The Hall–Kier alpha value is -2.39. The molecule has 0 aliphatic heterocycles. The molecular weight excluding hydrogens is 236 g/mol. The maximum absolute atomic E-state index is 11.3. The van der Waals surface area contributed by atoms with Gasteiger partial charge < -0.3 is 15.2 Å². The van der Waals surface area contributed by atoms with Gasteiger partial charge in [0, 0.05) is 6.54 Å². The van der Waals surface area contributed by atoms with E-state index in [1.54, 1.807) is 24.3 Å². The standard InChI is InChI=1S/C12H12N2O4/c13-5-9-2-1-3-10(4-9)6-14-11(15)7-18-8-12(16)17/h1-4H,6-8H2,(H,14,15)(H,16,17). The molecule has 0 radical (unpaired) electrons. The zero-order chi connectivity index (χ0) is 13.4. The maximum Gasteiger partial charge on any atom is 0.329 e. The van der Waals surface area contributed by atoms with Crippen LogP contribution in [0.5, 0.6) is 0 Å². The van der Waals surface area contributed by atoms with Crippen LogP contribution in [-0.4, -0.2) is 30.2 Å². The molecule has 1 rings (SSSR count). The summed E-state index contributed by atoms with van der Waals surface area (Å²) in [7, 11) is 0. The smallest absolute Gasteiger partial charge is 0.329 e. The summed E-state index contributed by atoms with van der Waals surface area (Å²) in [6.07, 6.45) is 0. The number of nitriles is 1. The van der Waals surface area contributed by atoms with Crippen LogP contribution in [-0.2, 0) is 20.9 Å². The van der Waals surface area contributed by atoms with Crippen LogP contribution in [0.4, 0.5) is 0 Å². The first-order valence-corrected chi connectivity index (χ1v) is 5.17. The Morgan fingerprint density at radius 3 is 2.83 bits per heavy atom. The highest BCUT2D eigenvalue weighted by Crippen LogP contribution is 2.03. The number of hydrogen-bond donors (Lipinski definition) is 2. The van der Waals surface area contributed by atoms with E-state index in [0.717, 1.165) is 5.56 Å². The number of nitrogens with one attached hydrogen (secondary N) is 1. The number of aliphatic carboxylic acids is 1. The third-order valence-corrected chi connectivity index (χ3v) is 2.00. The number of ether oxygens (including phenoxy) is 1. The summed E-state index contributed by atoms with van der Waals surface area (Å²) in [4.78, 5) is 21.4. The second kappa shape index (κ2) is 7.04. The Labute approximate surface area is 104 Å². The number of hydrogen-bond acceptors (Lipinski definition) is 4. The average Bonchev–Trinajstić information content (AvgIpc) is 2.36. The lowest BCUT2D eigenvalue weighted by Gasteiger charge is -2.05. The molecule has 1 amide bonds. The van der Waals surface area contributed by atoms with Gasteiger partial charge in [0.15, 0.2) is 0 Å². The molecule has 6 heteroatoms. The lowest BCUT2D eigenvalue weighted by Crippen LogP contribution is -2.28. The van der Waals surface area contributed by atoms with Crippen molar-refractivity contribution in [1.82, 2.24) is 5.32 Å². The summed E-state index contributed by atoms with van der Waals surface area (Å²) in [5, 5.41) is 19.6. The van der Waals surface area contributed by atoms with E-state index in [2.05, 4.69) is 10.1 Å². The molecule has 0 aromatic heterocycles. The van der Waals surface area contributed by atoms with Crippen molar-refractivity contribution in [3.63, 3.8) is 0 Å². The Morgan fingerprint density at radius 1 is 1.39 bits per heavy atom. The lowest BCUT2D eigenvalue weighted by molar-refractivity contribution is -0.143. The minimum Gasteiger partial charge on any atom is -0.480 e. The van der Waals surface area contributed by atoms with E-state index >= 15 is 0 Å². The minimum atomic E-state index is -1.12. The van der Waals surface area contributed by atoms with Gasteiger partial charge in [-0.2, -0.15) is 5.26 Å². The number of benzene rings is 1. The quantitative estimate of drug-likeness (QED) is 0.753. The highest BCUT2D eigenvalue weighted by Gasteiger charge is 2.03. The van der Waals surface area contributed by atoms with Gasteiger partial charge in [-0.1, -0.05) is 12.1 Å². The van der Waals surface area contributed by atoms with Crippen molar-refractivity contribution in [3.05, 3.63) is 35.4 Å². The fourth-order valence-corrected chi connectivity index (χ4v) is 1.23. The Bertz CT molecular complexity index is 479. The highest BCUT2D eigenvalue weighted by atomic mass is 16.5. The van der Waals surface area contributed by atoms with Gasteiger partial charge >= 0.3 is 5.97 Å². The maximum atomic E-state index is 11.3. The SMILES string of the molecule is N#Cc1cccc(CNC(=O)COCC(=O)O)c1.